The van der Waals surface area contributed by atoms with Gasteiger partial charge in [0.15, 0.2) is 0 Å². The summed E-state index contributed by atoms with van der Waals surface area (Å²) in [5.41, 5.74) is 0. The maximum Gasteiger partial charge on any atom is 0.308 e. The van der Waals surface area contributed by atoms with Gasteiger partial charge in [0.25, 0.3) is 0 Å². The molecular weight excluding hydrogens is 226 g/mol. The molecule has 0 bridgehead atoms. The first kappa shape index (κ1) is 11.8. The smallest absolute Gasteiger partial charge is 0.308 e. The first-order valence-electron chi connectivity index (χ1n) is 5.67. The third-order valence-corrected chi connectivity index (χ3v) is 4.73. The number of amides is 1. The van der Waals surface area contributed by atoms with Gasteiger partial charge < -0.3 is 10.0 Å². The number of thioether (sulfide) groups is 1. The maximum absolute atomic E-state index is 11.7. The summed E-state index contributed by atoms with van der Waals surface area (Å²) in [4.78, 5) is 24.4. The predicted octanol–water partition coefficient (Wildman–Crippen LogP) is 1.20. The van der Waals surface area contributed by atoms with E-state index in [1.807, 2.05) is 11.8 Å². The minimum atomic E-state index is -0.838. The van der Waals surface area contributed by atoms with Crippen LogP contribution in [0, 0.1) is 5.92 Å². The molecular formula is C11H17NO3S. The third-order valence-electron chi connectivity index (χ3n) is 3.64. The highest BCUT2D eigenvalue weighted by molar-refractivity contribution is 7.99. The Labute approximate surface area is 99.4 Å². The van der Waals surface area contributed by atoms with Crippen molar-refractivity contribution in [3.63, 3.8) is 0 Å². The van der Waals surface area contributed by atoms with Crippen molar-refractivity contribution in [1.29, 1.82) is 0 Å². The number of carboxylic acid groups (broad SMARTS) is 1. The van der Waals surface area contributed by atoms with Gasteiger partial charge in [0.05, 0.1) is 5.92 Å². The molecule has 0 spiro atoms. The Kier molecular flexibility index (Phi) is 3.42. The summed E-state index contributed by atoms with van der Waals surface area (Å²) in [5.74, 6) is -1.30. The van der Waals surface area contributed by atoms with Crippen molar-refractivity contribution in [3.8, 4) is 0 Å². The Bertz CT molecular complexity index is 308. The molecule has 1 amide bonds. The third kappa shape index (κ3) is 2.19. The van der Waals surface area contributed by atoms with Gasteiger partial charge in [-0.3, -0.25) is 9.59 Å². The molecule has 0 aromatic heterocycles. The van der Waals surface area contributed by atoms with E-state index in [0.29, 0.717) is 11.8 Å². The van der Waals surface area contributed by atoms with Gasteiger partial charge in [-0.1, -0.05) is 0 Å². The van der Waals surface area contributed by atoms with Crippen LogP contribution in [0.1, 0.15) is 25.7 Å². The number of likely N-dealkylation sites (tertiary alicyclic amines) is 1. The van der Waals surface area contributed by atoms with Gasteiger partial charge in [0.2, 0.25) is 5.91 Å². The van der Waals surface area contributed by atoms with Crippen molar-refractivity contribution in [2.75, 3.05) is 12.8 Å². The summed E-state index contributed by atoms with van der Waals surface area (Å²) in [5, 5.41) is 9.55. The minimum Gasteiger partial charge on any atom is -0.481 e. The van der Waals surface area contributed by atoms with Crippen LogP contribution in [0.3, 0.4) is 0 Å². The topological polar surface area (TPSA) is 57.6 Å². The normalized spacial score (nSPS) is 34.7. The molecule has 2 rings (SSSR count). The van der Waals surface area contributed by atoms with Crippen LogP contribution in [0.25, 0.3) is 0 Å². The molecule has 0 aromatic rings. The number of hydrogen-bond acceptors (Lipinski definition) is 3. The van der Waals surface area contributed by atoms with Gasteiger partial charge in [-0.25, -0.2) is 0 Å². The summed E-state index contributed by atoms with van der Waals surface area (Å²) in [6, 6.07) is 0.286. The average Bonchev–Trinajstić information content (AvgIpc) is 2.83. The van der Waals surface area contributed by atoms with Crippen molar-refractivity contribution in [1.82, 2.24) is 4.90 Å². The zero-order chi connectivity index (χ0) is 11.7. The Hall–Kier alpha value is -0.710. The quantitative estimate of drug-likeness (QED) is 0.809. The standard InChI is InChI=1S/C11H17NO3S/c1-16-9-3-2-8(5-9)12-6-7(11(14)15)4-10(12)13/h7-9H,2-6H2,1H3,(H,14,15). The van der Waals surface area contributed by atoms with Crippen molar-refractivity contribution in [3.05, 3.63) is 0 Å². The van der Waals surface area contributed by atoms with Crippen LogP contribution in [0.4, 0.5) is 0 Å². The second-order valence-electron chi connectivity index (χ2n) is 4.61. The number of rotatable bonds is 3. The van der Waals surface area contributed by atoms with E-state index in [4.69, 9.17) is 5.11 Å². The lowest BCUT2D eigenvalue weighted by Gasteiger charge is -2.24. The fourth-order valence-electron chi connectivity index (χ4n) is 2.66. The largest absolute Gasteiger partial charge is 0.481 e. The molecule has 3 atom stereocenters. The van der Waals surface area contributed by atoms with Gasteiger partial charge in [0.1, 0.15) is 0 Å². The Morgan fingerprint density at radius 3 is 2.75 bits per heavy atom. The lowest BCUT2D eigenvalue weighted by atomic mass is 10.1. The van der Waals surface area contributed by atoms with Crippen molar-refractivity contribution in [2.24, 2.45) is 5.92 Å². The number of nitrogens with zero attached hydrogens (tertiary/aromatic N) is 1. The highest BCUT2D eigenvalue weighted by Gasteiger charge is 2.40. The molecule has 3 unspecified atom stereocenters. The molecule has 1 saturated carbocycles. The number of carboxylic acids is 1. The molecule has 1 aliphatic carbocycles. The molecule has 5 heteroatoms. The second kappa shape index (κ2) is 4.65. The summed E-state index contributed by atoms with van der Waals surface area (Å²) < 4.78 is 0. The Balaban J connectivity index is 1.96. The number of hydrogen-bond donors (Lipinski definition) is 1. The van der Waals surface area contributed by atoms with E-state index in [2.05, 4.69) is 6.26 Å². The van der Waals surface area contributed by atoms with Crippen LogP contribution in [0.5, 0.6) is 0 Å². The zero-order valence-corrected chi connectivity index (χ0v) is 10.2. The average molecular weight is 243 g/mol. The molecule has 2 aliphatic rings. The van der Waals surface area contributed by atoms with Gasteiger partial charge >= 0.3 is 5.97 Å². The van der Waals surface area contributed by atoms with E-state index in [1.165, 1.54) is 0 Å². The molecule has 2 fully saturated rings. The number of carbonyl (C=O) groups is 2. The summed E-state index contributed by atoms with van der Waals surface area (Å²) in [6.45, 7) is 0.417. The predicted molar refractivity (Wildman–Crippen MR) is 62.4 cm³/mol. The van der Waals surface area contributed by atoms with Crippen molar-refractivity contribution in [2.45, 2.75) is 37.0 Å². The van der Waals surface area contributed by atoms with Crippen LogP contribution < -0.4 is 0 Å². The van der Waals surface area contributed by atoms with Crippen molar-refractivity contribution >= 4 is 23.6 Å². The first-order valence-corrected chi connectivity index (χ1v) is 6.95. The van der Waals surface area contributed by atoms with Gasteiger partial charge in [0, 0.05) is 24.3 Å². The van der Waals surface area contributed by atoms with Gasteiger partial charge in [-0.15, -0.1) is 0 Å². The summed E-state index contributed by atoms with van der Waals surface area (Å²) in [6.07, 6.45) is 5.49. The summed E-state index contributed by atoms with van der Waals surface area (Å²) in [7, 11) is 0. The molecule has 90 valence electrons. The fraction of sp³-hybridized carbons (Fsp3) is 0.818. The zero-order valence-electron chi connectivity index (χ0n) is 9.39. The Morgan fingerprint density at radius 1 is 1.50 bits per heavy atom. The fourth-order valence-corrected chi connectivity index (χ4v) is 3.45. The monoisotopic (exact) mass is 243 g/mol. The molecule has 1 aliphatic heterocycles. The van der Waals surface area contributed by atoms with Crippen LogP contribution in [0.2, 0.25) is 0 Å². The summed E-state index contributed by atoms with van der Waals surface area (Å²) >= 11 is 1.85. The minimum absolute atomic E-state index is 0.0270. The highest BCUT2D eigenvalue weighted by Crippen LogP contribution is 2.34. The molecule has 1 saturated heterocycles. The molecule has 0 aromatic carbocycles. The van der Waals surface area contributed by atoms with Crippen molar-refractivity contribution < 1.29 is 14.7 Å². The van der Waals surface area contributed by atoms with E-state index < -0.39 is 11.9 Å². The maximum atomic E-state index is 11.7. The Morgan fingerprint density at radius 2 is 2.25 bits per heavy atom. The van der Waals surface area contributed by atoms with Crippen LogP contribution in [-0.4, -0.2) is 46.0 Å². The molecule has 1 N–H and O–H groups in total. The van der Waals surface area contributed by atoms with E-state index in [-0.39, 0.29) is 18.4 Å². The lowest BCUT2D eigenvalue weighted by Crippen LogP contribution is -2.35. The first-order chi connectivity index (χ1) is 7.61. The lowest BCUT2D eigenvalue weighted by molar-refractivity contribution is -0.141. The second-order valence-corrected chi connectivity index (χ2v) is 5.75. The molecule has 4 nitrogen and oxygen atoms in total. The molecule has 1 heterocycles. The van der Waals surface area contributed by atoms with Crippen LogP contribution in [-0.2, 0) is 9.59 Å². The van der Waals surface area contributed by atoms with Gasteiger partial charge in [-0.2, -0.15) is 11.8 Å². The van der Waals surface area contributed by atoms with Crippen LogP contribution >= 0.6 is 11.8 Å². The number of carbonyl (C=O) groups excluding carboxylic acids is 1. The van der Waals surface area contributed by atoms with E-state index in [0.717, 1.165) is 19.3 Å². The van der Waals surface area contributed by atoms with E-state index >= 15 is 0 Å². The van der Waals surface area contributed by atoms with E-state index in [9.17, 15) is 9.59 Å². The molecule has 16 heavy (non-hydrogen) atoms. The van der Waals surface area contributed by atoms with Gasteiger partial charge in [-0.05, 0) is 25.5 Å². The number of aliphatic carboxylic acids is 1. The van der Waals surface area contributed by atoms with Crippen LogP contribution in [0.15, 0.2) is 0 Å². The molecule has 0 radical (unpaired) electrons. The highest BCUT2D eigenvalue weighted by atomic mass is 32.2. The van der Waals surface area contributed by atoms with E-state index in [1.54, 1.807) is 4.90 Å². The SMILES string of the molecule is CSC1CCC(N2CC(C(=O)O)CC2=O)C1.